The van der Waals surface area contributed by atoms with Crippen LogP contribution in [0.25, 0.3) is 0 Å². The summed E-state index contributed by atoms with van der Waals surface area (Å²) in [6.45, 7) is 0.728. The number of alkyl halides is 3. The molecule has 1 atom stereocenters. The molecule has 0 radical (unpaired) electrons. The second-order valence-corrected chi connectivity index (χ2v) is 4.89. The van der Waals surface area contributed by atoms with Crippen LogP contribution in [0, 0.1) is 0 Å². The van der Waals surface area contributed by atoms with Gasteiger partial charge in [0.1, 0.15) is 10.7 Å². The lowest BCUT2D eigenvalue weighted by atomic mass is 10.3. The Balaban J connectivity index is 1.96. The molecule has 0 bridgehead atoms. The summed E-state index contributed by atoms with van der Waals surface area (Å²) in [5.41, 5.74) is 5.61. The Kier molecular flexibility index (Phi) is 2.85. The van der Waals surface area contributed by atoms with Gasteiger partial charge in [0.05, 0.1) is 0 Å². The zero-order chi connectivity index (χ0) is 11.8. The topological polar surface area (TPSA) is 60.8 Å². The average Bonchev–Trinajstić information content (AvgIpc) is 2.94. The van der Waals surface area contributed by atoms with Gasteiger partial charge in [-0.3, -0.25) is 10.3 Å². The Morgan fingerprint density at radius 2 is 2.19 bits per heavy atom. The summed E-state index contributed by atoms with van der Waals surface area (Å²) in [6, 6.07) is 2.41. The highest BCUT2D eigenvalue weighted by molar-refractivity contribution is 8.00. The second kappa shape index (κ2) is 3.90. The van der Waals surface area contributed by atoms with Gasteiger partial charge in [0, 0.05) is 18.5 Å². The van der Waals surface area contributed by atoms with Gasteiger partial charge in [0.15, 0.2) is 0 Å². The zero-order valence-corrected chi connectivity index (χ0v) is 9.03. The summed E-state index contributed by atoms with van der Waals surface area (Å²) in [6.07, 6.45) is -3.14. The maximum atomic E-state index is 12.2. The fraction of sp³-hybridized carbons (Fsp3) is 0.444. The van der Waals surface area contributed by atoms with Gasteiger partial charge in [-0.2, -0.15) is 13.2 Å². The Labute approximate surface area is 94.6 Å². The summed E-state index contributed by atoms with van der Waals surface area (Å²) < 4.78 is 36.6. The summed E-state index contributed by atoms with van der Waals surface area (Å²) in [7, 11) is 0. The van der Waals surface area contributed by atoms with Crippen molar-refractivity contribution in [3.8, 4) is 0 Å². The first-order valence-electron chi connectivity index (χ1n) is 4.59. The Bertz CT molecular complexity index is 373. The lowest BCUT2D eigenvalue weighted by Gasteiger charge is -2.08. The molecule has 16 heavy (non-hydrogen) atoms. The number of nitrogens with two attached hydrogens (primary N) is 1. The molecule has 3 nitrogen and oxygen atoms in total. The third-order valence-corrected chi connectivity index (χ3v) is 3.42. The van der Waals surface area contributed by atoms with Crippen LogP contribution in [-0.4, -0.2) is 16.5 Å². The number of thioether (sulfide) groups is 1. The fourth-order valence-corrected chi connectivity index (χ4v) is 1.95. The highest BCUT2D eigenvalue weighted by Gasteiger charge is 2.38. The van der Waals surface area contributed by atoms with E-state index in [4.69, 9.17) is 5.73 Å². The maximum Gasteiger partial charge on any atom is 0.433 e. The van der Waals surface area contributed by atoms with E-state index in [1.54, 1.807) is 0 Å². The number of nitrogens with one attached hydrogen (secondary N) is 1. The van der Waals surface area contributed by atoms with Crippen LogP contribution in [-0.2, 0) is 11.9 Å². The van der Waals surface area contributed by atoms with Crippen LogP contribution in [0.2, 0.25) is 0 Å². The smallest absolute Gasteiger partial charge is 0.304 e. The quantitative estimate of drug-likeness (QED) is 0.630. The van der Waals surface area contributed by atoms with Crippen LogP contribution in [0.1, 0.15) is 11.3 Å². The van der Waals surface area contributed by atoms with Crippen molar-refractivity contribution in [3.05, 3.63) is 29.6 Å². The van der Waals surface area contributed by atoms with E-state index in [1.165, 1.54) is 24.0 Å². The van der Waals surface area contributed by atoms with E-state index >= 15 is 0 Å². The normalized spacial score (nSPS) is 24.5. The molecule has 1 aliphatic heterocycles. The SMILES string of the molecule is NC1(SCc2ccc(C(F)(F)F)nc2)CN1. The Morgan fingerprint density at radius 1 is 1.50 bits per heavy atom. The molecule has 1 fully saturated rings. The number of nitrogens with zero attached hydrogens (tertiary/aromatic N) is 1. The molecule has 3 N–H and O–H groups in total. The van der Waals surface area contributed by atoms with E-state index in [1.807, 2.05) is 0 Å². The summed E-state index contributed by atoms with van der Waals surface area (Å²) in [4.78, 5) is 2.97. The summed E-state index contributed by atoms with van der Waals surface area (Å²) in [5.74, 6) is 0.550. The average molecular weight is 249 g/mol. The van der Waals surface area contributed by atoms with Crippen molar-refractivity contribution in [3.63, 3.8) is 0 Å². The van der Waals surface area contributed by atoms with Crippen LogP contribution < -0.4 is 11.1 Å². The monoisotopic (exact) mass is 249 g/mol. The van der Waals surface area contributed by atoms with Gasteiger partial charge in [0.25, 0.3) is 0 Å². The largest absolute Gasteiger partial charge is 0.433 e. The molecule has 1 saturated heterocycles. The van der Waals surface area contributed by atoms with Crippen LogP contribution in [0.4, 0.5) is 13.2 Å². The number of aromatic nitrogens is 1. The molecule has 2 heterocycles. The minimum absolute atomic E-state index is 0.400. The third-order valence-electron chi connectivity index (χ3n) is 2.14. The molecule has 0 saturated carbocycles. The summed E-state index contributed by atoms with van der Waals surface area (Å²) in [5, 5.41) is 2.96. The lowest BCUT2D eigenvalue weighted by Crippen LogP contribution is -2.23. The molecular formula is C9H10F3N3S. The fourth-order valence-electron chi connectivity index (χ4n) is 1.08. The predicted molar refractivity (Wildman–Crippen MR) is 55.5 cm³/mol. The molecule has 7 heteroatoms. The van der Waals surface area contributed by atoms with Crippen molar-refractivity contribution in [2.24, 2.45) is 5.73 Å². The third kappa shape index (κ3) is 2.87. The highest BCUT2D eigenvalue weighted by Crippen LogP contribution is 2.30. The molecular weight excluding hydrogens is 239 g/mol. The van der Waals surface area contributed by atoms with Crippen LogP contribution >= 0.6 is 11.8 Å². The van der Waals surface area contributed by atoms with Gasteiger partial charge >= 0.3 is 6.18 Å². The van der Waals surface area contributed by atoms with Crippen LogP contribution in [0.15, 0.2) is 18.3 Å². The van der Waals surface area contributed by atoms with E-state index in [2.05, 4.69) is 10.3 Å². The van der Waals surface area contributed by atoms with Gasteiger partial charge in [-0.05, 0) is 11.6 Å². The number of hydrogen-bond acceptors (Lipinski definition) is 4. The molecule has 0 amide bonds. The van der Waals surface area contributed by atoms with Crippen molar-refractivity contribution in [2.45, 2.75) is 16.9 Å². The molecule has 0 aromatic carbocycles. The van der Waals surface area contributed by atoms with Crippen molar-refractivity contribution in [1.29, 1.82) is 0 Å². The van der Waals surface area contributed by atoms with E-state index in [-0.39, 0.29) is 0 Å². The molecule has 0 aliphatic carbocycles. The first kappa shape index (κ1) is 11.7. The van der Waals surface area contributed by atoms with Crippen LogP contribution in [0.3, 0.4) is 0 Å². The van der Waals surface area contributed by atoms with Gasteiger partial charge in [0.2, 0.25) is 0 Å². The molecule has 1 aliphatic rings. The first-order valence-corrected chi connectivity index (χ1v) is 5.58. The second-order valence-electron chi connectivity index (χ2n) is 3.58. The zero-order valence-electron chi connectivity index (χ0n) is 8.21. The lowest BCUT2D eigenvalue weighted by molar-refractivity contribution is -0.141. The number of hydrogen-bond donors (Lipinski definition) is 2. The minimum atomic E-state index is -4.38. The van der Waals surface area contributed by atoms with Crippen molar-refractivity contribution >= 4 is 11.8 Å². The molecule has 1 aromatic rings. The van der Waals surface area contributed by atoms with E-state index in [0.717, 1.165) is 18.2 Å². The molecule has 1 aromatic heterocycles. The van der Waals surface area contributed by atoms with Gasteiger partial charge < -0.3 is 5.73 Å². The van der Waals surface area contributed by atoms with Gasteiger partial charge in [-0.1, -0.05) is 6.07 Å². The van der Waals surface area contributed by atoms with E-state index in [0.29, 0.717) is 5.75 Å². The van der Waals surface area contributed by atoms with Crippen LogP contribution in [0.5, 0.6) is 0 Å². The molecule has 2 rings (SSSR count). The first-order chi connectivity index (χ1) is 7.39. The standard InChI is InChI=1S/C9H10F3N3S/c10-9(11,12)7-2-1-6(3-14-7)4-16-8(13)5-15-8/h1-3,15H,4-5,13H2. The number of rotatable bonds is 3. The number of pyridine rings is 1. The van der Waals surface area contributed by atoms with E-state index in [9.17, 15) is 13.2 Å². The van der Waals surface area contributed by atoms with Gasteiger partial charge in [-0.25, -0.2) is 0 Å². The van der Waals surface area contributed by atoms with Gasteiger partial charge in [-0.15, -0.1) is 11.8 Å². The number of halogens is 3. The Hall–Kier alpha value is -0.790. The highest BCUT2D eigenvalue weighted by atomic mass is 32.2. The van der Waals surface area contributed by atoms with E-state index < -0.39 is 16.9 Å². The van der Waals surface area contributed by atoms with Crippen molar-refractivity contribution in [2.75, 3.05) is 6.54 Å². The maximum absolute atomic E-state index is 12.2. The molecule has 0 spiro atoms. The Morgan fingerprint density at radius 3 is 2.62 bits per heavy atom. The minimum Gasteiger partial charge on any atom is -0.304 e. The van der Waals surface area contributed by atoms with Crippen molar-refractivity contribution in [1.82, 2.24) is 10.3 Å². The molecule has 1 unspecified atom stereocenters. The molecule has 88 valence electrons. The summed E-state index contributed by atoms with van der Waals surface area (Å²) >= 11 is 1.46. The van der Waals surface area contributed by atoms with Crippen molar-refractivity contribution < 1.29 is 13.2 Å². The predicted octanol–water partition coefficient (Wildman–Crippen LogP) is 1.55.